The number of fused-ring (bicyclic) bond motifs is 10. The SMILES string of the molecule is CC1(C)c2ccccc2-c2ccc(-c3c4c(O)c(O)c(O)c(O)c4c(-c4ccc5oc6c7ccccc7ccc6c5c4)c4c(O)c(O)c(O)c(O)c34)cc21. The van der Waals surface area contributed by atoms with Crippen molar-refractivity contribution in [3.63, 3.8) is 0 Å². The summed E-state index contributed by atoms with van der Waals surface area (Å²) in [5.74, 6) is -7.40. The normalized spacial score (nSPS) is 13.4. The average Bonchev–Trinajstić information content (AvgIpc) is 3.68. The third kappa shape index (κ3) is 3.82. The van der Waals surface area contributed by atoms with Crippen molar-refractivity contribution in [3.05, 3.63) is 108 Å². The number of phenolic OH excluding ortho intramolecular Hbond substituents is 8. The molecule has 1 aromatic heterocycles. The molecule has 0 bridgehead atoms. The van der Waals surface area contributed by atoms with Crippen LogP contribution in [0.3, 0.4) is 0 Å². The third-order valence-corrected chi connectivity index (χ3v) is 11.3. The summed E-state index contributed by atoms with van der Waals surface area (Å²) in [5.41, 5.74) is 5.31. The van der Waals surface area contributed by atoms with E-state index in [1.54, 1.807) is 24.3 Å². The molecule has 0 saturated carbocycles. The van der Waals surface area contributed by atoms with Crippen LogP contribution in [-0.4, -0.2) is 40.9 Å². The summed E-state index contributed by atoms with van der Waals surface area (Å²) in [6.45, 7) is 4.14. The van der Waals surface area contributed by atoms with Crippen LogP contribution in [0, 0.1) is 0 Å². The van der Waals surface area contributed by atoms with Gasteiger partial charge in [-0.15, -0.1) is 0 Å². The highest BCUT2D eigenvalue weighted by Gasteiger charge is 2.37. The van der Waals surface area contributed by atoms with Crippen LogP contribution < -0.4 is 0 Å². The largest absolute Gasteiger partial charge is 0.504 e. The van der Waals surface area contributed by atoms with E-state index < -0.39 is 51.4 Å². The Balaban J connectivity index is 1.39. The van der Waals surface area contributed by atoms with Crippen molar-refractivity contribution < 1.29 is 45.3 Å². The zero-order valence-electron chi connectivity index (χ0n) is 28.7. The van der Waals surface area contributed by atoms with E-state index in [0.717, 1.165) is 38.4 Å². The van der Waals surface area contributed by atoms with Gasteiger partial charge in [0.25, 0.3) is 0 Å². The quantitative estimate of drug-likeness (QED) is 0.0492. The zero-order chi connectivity index (χ0) is 37.5. The van der Waals surface area contributed by atoms with Gasteiger partial charge in [0.05, 0.1) is 0 Å². The van der Waals surface area contributed by atoms with Crippen LogP contribution in [0.15, 0.2) is 101 Å². The van der Waals surface area contributed by atoms with Crippen molar-refractivity contribution >= 4 is 54.3 Å². The van der Waals surface area contributed by atoms with E-state index in [0.29, 0.717) is 27.7 Å². The summed E-state index contributed by atoms with van der Waals surface area (Å²) < 4.78 is 6.32. The van der Waals surface area contributed by atoms with Crippen LogP contribution in [0.4, 0.5) is 0 Å². The molecule has 1 aliphatic rings. The number of phenols is 8. The van der Waals surface area contributed by atoms with Crippen LogP contribution in [0.1, 0.15) is 25.0 Å². The highest BCUT2D eigenvalue weighted by Crippen LogP contribution is 2.62. The molecule has 0 spiro atoms. The standard InChI is InChI=1S/C45H30O9/c1-45(2)27-10-6-5-9-23(27)24-14-12-21(18-28(24)45)31-34-32(36(46)40(50)42(52)38(34)48)30(33-35(31)39(49)43(53)41(51)37(33)47)20-13-16-29-26(17-20)25-15-11-19-7-3-4-8-22(19)44(25)54-29/h3-18,46-53H,1-2H3. The second kappa shape index (κ2) is 10.4. The van der Waals surface area contributed by atoms with Gasteiger partial charge in [-0.2, -0.15) is 0 Å². The molecule has 0 fully saturated rings. The van der Waals surface area contributed by atoms with Gasteiger partial charge in [0, 0.05) is 54.2 Å². The van der Waals surface area contributed by atoms with E-state index >= 15 is 0 Å². The second-order valence-electron chi connectivity index (χ2n) is 14.4. The summed E-state index contributed by atoms with van der Waals surface area (Å²) in [5, 5.41) is 93.5. The van der Waals surface area contributed by atoms with Crippen LogP contribution >= 0.6 is 0 Å². The lowest BCUT2D eigenvalue weighted by molar-refractivity contribution is 0.350. The lowest BCUT2D eigenvalue weighted by atomic mass is 9.80. The van der Waals surface area contributed by atoms with Crippen molar-refractivity contribution in [2.24, 2.45) is 0 Å². The molecule has 0 saturated heterocycles. The van der Waals surface area contributed by atoms with Gasteiger partial charge in [-0.1, -0.05) is 86.6 Å². The molecular formula is C45H30O9. The first kappa shape index (κ1) is 31.5. The van der Waals surface area contributed by atoms with E-state index in [9.17, 15) is 40.9 Å². The fourth-order valence-electron chi connectivity index (χ4n) is 8.72. The minimum absolute atomic E-state index is 0.00538. The van der Waals surface area contributed by atoms with Crippen molar-refractivity contribution in [3.8, 4) is 79.4 Å². The molecule has 9 heteroatoms. The molecule has 8 N–H and O–H groups in total. The van der Waals surface area contributed by atoms with Crippen molar-refractivity contribution in [2.45, 2.75) is 19.3 Å². The van der Waals surface area contributed by atoms with Crippen molar-refractivity contribution in [1.82, 2.24) is 0 Å². The molecule has 264 valence electrons. The maximum absolute atomic E-state index is 11.7. The maximum Gasteiger partial charge on any atom is 0.204 e. The first-order valence-electron chi connectivity index (χ1n) is 17.2. The van der Waals surface area contributed by atoms with Gasteiger partial charge in [0.2, 0.25) is 23.0 Å². The molecule has 0 aliphatic heterocycles. The molecule has 1 heterocycles. The minimum Gasteiger partial charge on any atom is -0.504 e. The van der Waals surface area contributed by atoms with E-state index in [2.05, 4.69) is 13.8 Å². The summed E-state index contributed by atoms with van der Waals surface area (Å²) in [7, 11) is 0. The van der Waals surface area contributed by atoms with E-state index in [1.165, 1.54) is 0 Å². The van der Waals surface area contributed by atoms with E-state index in [-0.39, 0.29) is 32.7 Å². The Labute approximate surface area is 305 Å². The predicted octanol–water partition coefficient (Wildman–Crippen LogP) is 10.3. The molecule has 9 nitrogen and oxygen atoms in total. The molecule has 0 radical (unpaired) electrons. The Morgan fingerprint density at radius 2 is 0.944 bits per heavy atom. The molecule has 54 heavy (non-hydrogen) atoms. The van der Waals surface area contributed by atoms with Crippen molar-refractivity contribution in [1.29, 1.82) is 0 Å². The number of hydrogen-bond donors (Lipinski definition) is 8. The number of rotatable bonds is 2. The Bertz CT molecular complexity index is 3090. The molecule has 9 aromatic rings. The topological polar surface area (TPSA) is 175 Å². The smallest absolute Gasteiger partial charge is 0.204 e. The van der Waals surface area contributed by atoms with Crippen molar-refractivity contribution in [2.75, 3.05) is 0 Å². The molecule has 8 aromatic carbocycles. The van der Waals surface area contributed by atoms with Gasteiger partial charge in [-0.05, 0) is 63.0 Å². The van der Waals surface area contributed by atoms with E-state index in [1.807, 2.05) is 72.8 Å². The lowest BCUT2D eigenvalue weighted by Crippen LogP contribution is -2.14. The summed E-state index contributed by atoms with van der Waals surface area (Å²) >= 11 is 0. The monoisotopic (exact) mass is 714 g/mol. The Morgan fingerprint density at radius 3 is 1.57 bits per heavy atom. The fraction of sp³-hybridized carbons (Fsp3) is 0.0667. The van der Waals surface area contributed by atoms with Gasteiger partial charge < -0.3 is 45.3 Å². The van der Waals surface area contributed by atoms with Gasteiger partial charge in [0.15, 0.2) is 23.0 Å². The number of hydrogen-bond acceptors (Lipinski definition) is 9. The number of benzene rings is 8. The Kier molecular flexibility index (Phi) is 6.07. The number of aromatic hydroxyl groups is 8. The summed E-state index contributed by atoms with van der Waals surface area (Å²) in [4.78, 5) is 0. The molecule has 0 unspecified atom stereocenters. The maximum atomic E-state index is 11.7. The molecule has 10 rings (SSSR count). The average molecular weight is 715 g/mol. The molecule has 0 amide bonds. The van der Waals surface area contributed by atoms with Crippen LogP contribution in [-0.2, 0) is 5.41 Å². The highest BCUT2D eigenvalue weighted by atomic mass is 16.4. The molecule has 0 atom stereocenters. The first-order chi connectivity index (χ1) is 25.9. The lowest BCUT2D eigenvalue weighted by Gasteiger charge is -2.24. The third-order valence-electron chi connectivity index (χ3n) is 11.3. The first-order valence-corrected chi connectivity index (χ1v) is 17.2. The summed E-state index contributed by atoms with van der Waals surface area (Å²) in [6, 6.07) is 30.2. The molecular weight excluding hydrogens is 684 g/mol. The van der Waals surface area contributed by atoms with Crippen LogP contribution in [0.25, 0.3) is 87.6 Å². The molecule has 1 aliphatic carbocycles. The fourth-order valence-corrected chi connectivity index (χ4v) is 8.72. The highest BCUT2D eigenvalue weighted by molar-refractivity contribution is 6.29. The van der Waals surface area contributed by atoms with E-state index in [4.69, 9.17) is 4.42 Å². The van der Waals surface area contributed by atoms with Gasteiger partial charge in [-0.3, -0.25) is 0 Å². The Hall–Kier alpha value is -7.26. The van der Waals surface area contributed by atoms with Gasteiger partial charge in [0.1, 0.15) is 11.2 Å². The van der Waals surface area contributed by atoms with Crippen LogP contribution in [0.2, 0.25) is 0 Å². The van der Waals surface area contributed by atoms with Gasteiger partial charge in [-0.25, -0.2) is 0 Å². The minimum atomic E-state index is -1.02. The number of furan rings is 1. The second-order valence-corrected chi connectivity index (χ2v) is 14.4. The van der Waals surface area contributed by atoms with Crippen LogP contribution in [0.5, 0.6) is 46.0 Å². The Morgan fingerprint density at radius 1 is 0.426 bits per heavy atom. The predicted molar refractivity (Wildman–Crippen MR) is 208 cm³/mol. The van der Waals surface area contributed by atoms with Gasteiger partial charge >= 0.3 is 0 Å². The zero-order valence-corrected chi connectivity index (χ0v) is 28.7. The summed E-state index contributed by atoms with van der Waals surface area (Å²) in [6.07, 6.45) is 0.